The van der Waals surface area contributed by atoms with Crippen LogP contribution in [0.3, 0.4) is 0 Å². The maximum absolute atomic E-state index is 12.8. The van der Waals surface area contributed by atoms with E-state index in [0.29, 0.717) is 52.9 Å². The van der Waals surface area contributed by atoms with Gasteiger partial charge in [-0.05, 0) is 43.0 Å². The quantitative estimate of drug-likeness (QED) is 0.443. The van der Waals surface area contributed by atoms with Crippen LogP contribution in [0.1, 0.15) is 31.9 Å². The summed E-state index contributed by atoms with van der Waals surface area (Å²) >= 11 is 13.1. The van der Waals surface area contributed by atoms with Gasteiger partial charge in [0.25, 0.3) is 0 Å². The molecule has 0 radical (unpaired) electrons. The molecule has 0 aromatic heterocycles. The predicted molar refractivity (Wildman–Crippen MR) is 128 cm³/mol. The van der Waals surface area contributed by atoms with Crippen LogP contribution in [0, 0.1) is 5.92 Å². The summed E-state index contributed by atoms with van der Waals surface area (Å²) in [5, 5.41) is 0.478. The third kappa shape index (κ3) is 5.68. The third-order valence-corrected chi connectivity index (χ3v) is 6.58. The fourth-order valence-electron chi connectivity index (χ4n) is 3.21. The van der Waals surface area contributed by atoms with Crippen LogP contribution in [0.5, 0.6) is 11.5 Å². The standard InChI is InChI=1S/C23H26ClNO3S2/c1-4-27-20-11-16(12-21-22(26)25(13-15(2)3)23(29)30-21)9-10-19(20)28-14-17-7-5-6-8-18(17)24/h5-11,15,21H,4,12-14H2,1-3H3/t21-/m1/s1. The van der Waals surface area contributed by atoms with Gasteiger partial charge in [0.2, 0.25) is 5.91 Å². The lowest BCUT2D eigenvalue weighted by Crippen LogP contribution is -2.34. The van der Waals surface area contributed by atoms with Gasteiger partial charge in [0.15, 0.2) is 11.5 Å². The molecule has 0 saturated carbocycles. The molecule has 7 heteroatoms. The van der Waals surface area contributed by atoms with Gasteiger partial charge >= 0.3 is 0 Å². The van der Waals surface area contributed by atoms with Crippen molar-refractivity contribution in [3.63, 3.8) is 0 Å². The molecule has 1 aliphatic rings. The summed E-state index contributed by atoms with van der Waals surface area (Å²) in [6.45, 7) is 7.65. The number of hydrogen-bond donors (Lipinski definition) is 0. The summed E-state index contributed by atoms with van der Waals surface area (Å²) in [5.41, 5.74) is 1.93. The maximum atomic E-state index is 12.8. The lowest BCUT2D eigenvalue weighted by molar-refractivity contribution is -0.126. The first-order valence-corrected chi connectivity index (χ1v) is 11.7. The van der Waals surface area contributed by atoms with E-state index in [9.17, 15) is 4.79 Å². The lowest BCUT2D eigenvalue weighted by Gasteiger charge is -2.18. The summed E-state index contributed by atoms with van der Waals surface area (Å²) in [5.74, 6) is 1.79. The molecule has 0 unspecified atom stereocenters. The molecule has 2 aromatic rings. The normalized spacial score (nSPS) is 16.4. The van der Waals surface area contributed by atoms with Crippen LogP contribution in [0.25, 0.3) is 0 Å². The van der Waals surface area contributed by atoms with Gasteiger partial charge in [-0.25, -0.2) is 0 Å². The monoisotopic (exact) mass is 463 g/mol. The Morgan fingerprint density at radius 2 is 1.93 bits per heavy atom. The van der Waals surface area contributed by atoms with Crippen molar-refractivity contribution in [3.8, 4) is 11.5 Å². The fraction of sp³-hybridized carbons (Fsp3) is 0.391. The highest BCUT2D eigenvalue weighted by Gasteiger charge is 2.37. The summed E-state index contributed by atoms with van der Waals surface area (Å²) < 4.78 is 12.4. The van der Waals surface area contributed by atoms with Crippen molar-refractivity contribution in [3.05, 3.63) is 58.6 Å². The minimum atomic E-state index is -0.194. The Kier molecular flexibility index (Phi) is 8.03. The highest BCUT2D eigenvalue weighted by molar-refractivity contribution is 8.24. The maximum Gasteiger partial charge on any atom is 0.241 e. The molecule has 1 atom stereocenters. The summed E-state index contributed by atoms with van der Waals surface area (Å²) in [7, 11) is 0. The zero-order chi connectivity index (χ0) is 21.7. The second kappa shape index (κ2) is 10.5. The van der Waals surface area contributed by atoms with E-state index in [1.165, 1.54) is 11.8 Å². The zero-order valence-corrected chi connectivity index (χ0v) is 19.8. The Balaban J connectivity index is 1.71. The molecule has 160 valence electrons. The molecular formula is C23H26ClNO3S2. The van der Waals surface area contributed by atoms with Gasteiger partial charge in [0, 0.05) is 17.1 Å². The van der Waals surface area contributed by atoms with E-state index in [2.05, 4.69) is 13.8 Å². The first-order chi connectivity index (χ1) is 14.4. The van der Waals surface area contributed by atoms with Crippen molar-refractivity contribution in [2.24, 2.45) is 5.92 Å². The second-order valence-corrected chi connectivity index (χ2v) is 9.76. The van der Waals surface area contributed by atoms with Gasteiger partial charge in [0.05, 0.1) is 11.9 Å². The molecule has 1 fully saturated rings. The number of thiocarbonyl (C=S) groups is 1. The average molecular weight is 464 g/mol. The SMILES string of the molecule is CCOc1cc(C[C@H]2SC(=S)N(CC(C)C)C2=O)ccc1OCc1ccccc1Cl. The van der Waals surface area contributed by atoms with E-state index in [0.717, 1.165) is 11.1 Å². The molecule has 2 aromatic carbocycles. The van der Waals surface area contributed by atoms with Gasteiger partial charge in [0.1, 0.15) is 10.9 Å². The van der Waals surface area contributed by atoms with Gasteiger partial charge in [-0.2, -0.15) is 0 Å². The van der Waals surface area contributed by atoms with Crippen LogP contribution in [0.4, 0.5) is 0 Å². The number of amides is 1. The van der Waals surface area contributed by atoms with E-state index in [-0.39, 0.29) is 11.2 Å². The molecule has 4 nitrogen and oxygen atoms in total. The van der Waals surface area contributed by atoms with Crippen molar-refractivity contribution in [2.45, 2.75) is 39.0 Å². The molecule has 0 aliphatic carbocycles. The van der Waals surface area contributed by atoms with Crippen LogP contribution >= 0.6 is 35.6 Å². The highest BCUT2D eigenvalue weighted by Crippen LogP contribution is 2.34. The smallest absolute Gasteiger partial charge is 0.241 e. The average Bonchev–Trinajstić information content (AvgIpc) is 2.96. The Hall–Kier alpha value is -1.76. The van der Waals surface area contributed by atoms with Crippen molar-refractivity contribution in [1.29, 1.82) is 0 Å². The van der Waals surface area contributed by atoms with E-state index in [4.69, 9.17) is 33.3 Å². The Labute approximate surface area is 192 Å². The van der Waals surface area contributed by atoms with Crippen LogP contribution in [-0.4, -0.2) is 33.5 Å². The molecule has 30 heavy (non-hydrogen) atoms. The largest absolute Gasteiger partial charge is 0.490 e. The number of thioether (sulfide) groups is 1. The first-order valence-electron chi connectivity index (χ1n) is 10.0. The number of carbonyl (C=O) groups is 1. The highest BCUT2D eigenvalue weighted by atomic mass is 35.5. The van der Waals surface area contributed by atoms with Crippen molar-refractivity contribution in [2.75, 3.05) is 13.2 Å². The van der Waals surface area contributed by atoms with Crippen molar-refractivity contribution < 1.29 is 14.3 Å². The fourth-order valence-corrected chi connectivity index (χ4v) is 4.95. The van der Waals surface area contributed by atoms with Crippen molar-refractivity contribution >= 4 is 45.8 Å². The summed E-state index contributed by atoms with van der Waals surface area (Å²) in [4.78, 5) is 14.5. The molecular weight excluding hydrogens is 438 g/mol. The topological polar surface area (TPSA) is 38.8 Å². The molecule has 3 rings (SSSR count). The number of hydrogen-bond acceptors (Lipinski definition) is 5. The molecule has 0 spiro atoms. The van der Waals surface area contributed by atoms with E-state index >= 15 is 0 Å². The first kappa shape index (κ1) is 22.9. The van der Waals surface area contributed by atoms with E-state index < -0.39 is 0 Å². The third-order valence-electron chi connectivity index (χ3n) is 4.62. The second-order valence-electron chi connectivity index (χ2n) is 7.51. The molecule has 1 amide bonds. The van der Waals surface area contributed by atoms with Crippen LogP contribution in [-0.2, 0) is 17.8 Å². The van der Waals surface area contributed by atoms with Crippen LogP contribution in [0.15, 0.2) is 42.5 Å². The molecule has 0 bridgehead atoms. The van der Waals surface area contributed by atoms with Gasteiger partial charge in [-0.3, -0.25) is 9.69 Å². The minimum Gasteiger partial charge on any atom is -0.490 e. The minimum absolute atomic E-state index is 0.0932. The lowest BCUT2D eigenvalue weighted by atomic mass is 10.1. The number of halogens is 1. The molecule has 0 N–H and O–H groups in total. The number of benzene rings is 2. The molecule has 1 aliphatic heterocycles. The summed E-state index contributed by atoms with van der Waals surface area (Å²) in [6.07, 6.45) is 0.600. The molecule has 1 heterocycles. The van der Waals surface area contributed by atoms with Gasteiger partial charge in [-0.15, -0.1) is 0 Å². The number of ether oxygens (including phenoxy) is 2. The number of carbonyl (C=O) groups excluding carboxylic acids is 1. The van der Waals surface area contributed by atoms with Gasteiger partial charge in [-0.1, -0.05) is 73.7 Å². The van der Waals surface area contributed by atoms with E-state index in [1.54, 1.807) is 4.90 Å². The Morgan fingerprint density at radius 3 is 2.63 bits per heavy atom. The summed E-state index contributed by atoms with van der Waals surface area (Å²) in [6, 6.07) is 13.4. The van der Waals surface area contributed by atoms with Crippen molar-refractivity contribution in [1.82, 2.24) is 4.90 Å². The Bertz CT molecular complexity index is 919. The Morgan fingerprint density at radius 1 is 1.17 bits per heavy atom. The van der Waals surface area contributed by atoms with E-state index in [1.807, 2.05) is 49.4 Å². The van der Waals surface area contributed by atoms with Crippen LogP contribution < -0.4 is 9.47 Å². The number of rotatable bonds is 9. The zero-order valence-electron chi connectivity index (χ0n) is 17.4. The molecule has 1 saturated heterocycles. The van der Waals surface area contributed by atoms with Gasteiger partial charge < -0.3 is 9.47 Å². The van der Waals surface area contributed by atoms with Crippen LogP contribution in [0.2, 0.25) is 5.02 Å². The number of nitrogens with zero attached hydrogens (tertiary/aromatic N) is 1. The predicted octanol–water partition coefficient (Wildman–Crippen LogP) is 5.75.